The minimum absolute atomic E-state index is 0.0674. The van der Waals surface area contributed by atoms with Gasteiger partial charge < -0.3 is 40.7 Å². The summed E-state index contributed by atoms with van der Waals surface area (Å²) >= 11 is 0. The Labute approximate surface area is 142 Å². The zero-order valence-electron chi connectivity index (χ0n) is 13.4. The van der Waals surface area contributed by atoms with E-state index in [1.807, 2.05) is 0 Å². The number of aliphatic carboxylic acids is 1. The first-order valence-electron chi connectivity index (χ1n) is 7.60. The molecule has 10 heteroatoms. The van der Waals surface area contributed by atoms with Crippen molar-refractivity contribution in [2.45, 2.75) is 43.5 Å². The van der Waals surface area contributed by atoms with E-state index in [0.717, 1.165) is 0 Å². The monoisotopic (exact) mass is 359 g/mol. The molecule has 10 nitrogen and oxygen atoms in total. The van der Waals surface area contributed by atoms with Gasteiger partial charge in [-0.1, -0.05) is 6.08 Å². The van der Waals surface area contributed by atoms with Gasteiger partial charge in [-0.15, -0.1) is 0 Å². The van der Waals surface area contributed by atoms with Gasteiger partial charge in [0.1, 0.15) is 11.9 Å². The van der Waals surface area contributed by atoms with Crippen molar-refractivity contribution in [3.63, 3.8) is 0 Å². The minimum atomic E-state index is -2.63. The molecule has 7 N–H and O–H groups in total. The molecule has 0 aromatic heterocycles. The van der Waals surface area contributed by atoms with Crippen molar-refractivity contribution in [2.75, 3.05) is 6.61 Å². The molecule has 0 spiro atoms. The Hall–Kier alpha value is -1.98. The molecule has 0 bridgehead atoms. The van der Waals surface area contributed by atoms with Crippen molar-refractivity contribution in [1.29, 1.82) is 0 Å². The molecule has 0 saturated carbocycles. The zero-order chi connectivity index (χ0) is 18.9. The van der Waals surface area contributed by atoms with E-state index < -0.39 is 61.0 Å². The van der Waals surface area contributed by atoms with Gasteiger partial charge in [0.25, 0.3) is 0 Å². The highest BCUT2D eigenvalue weighted by Crippen LogP contribution is 2.39. The van der Waals surface area contributed by atoms with Crippen molar-refractivity contribution >= 4 is 11.9 Å². The van der Waals surface area contributed by atoms with Gasteiger partial charge in [0.15, 0.2) is 0 Å². The molecular weight excluding hydrogens is 338 g/mol. The number of carboxylic acid groups (broad SMARTS) is 1. The first-order valence-corrected chi connectivity index (χ1v) is 7.60. The van der Waals surface area contributed by atoms with E-state index in [2.05, 4.69) is 5.32 Å². The average molecular weight is 359 g/mol. The van der Waals surface area contributed by atoms with Crippen LogP contribution in [0.15, 0.2) is 23.5 Å². The Morgan fingerprint density at radius 1 is 1.44 bits per heavy atom. The molecule has 2 aliphatic rings. The number of rotatable bonds is 5. The molecule has 2 rings (SSSR count). The van der Waals surface area contributed by atoms with Crippen LogP contribution in [-0.4, -0.2) is 79.3 Å². The van der Waals surface area contributed by atoms with Crippen LogP contribution in [0.4, 0.5) is 0 Å². The van der Waals surface area contributed by atoms with Gasteiger partial charge in [0, 0.05) is 18.4 Å². The second kappa shape index (κ2) is 7.10. The Kier molecular flexibility index (Phi) is 5.49. The predicted octanol–water partition coefficient (Wildman–Crippen LogP) is -2.80. The molecule has 2 unspecified atom stereocenters. The van der Waals surface area contributed by atoms with Gasteiger partial charge in [0.2, 0.25) is 5.91 Å². The number of carbonyl (C=O) groups excluding carboxylic acids is 1. The smallest absolute Gasteiger partial charge is 0.377 e. The number of ether oxygens (including phenoxy) is 1. The maximum atomic E-state index is 11.5. The summed E-state index contributed by atoms with van der Waals surface area (Å²) in [4.78, 5) is 22.7. The fraction of sp³-hybridized carbons (Fsp3) is 0.600. The molecule has 0 fully saturated rings. The van der Waals surface area contributed by atoms with Crippen LogP contribution in [0.2, 0.25) is 0 Å². The van der Waals surface area contributed by atoms with Crippen molar-refractivity contribution in [1.82, 2.24) is 5.32 Å². The fourth-order valence-corrected chi connectivity index (χ4v) is 3.03. The van der Waals surface area contributed by atoms with Crippen LogP contribution in [0, 0.1) is 5.92 Å². The fourth-order valence-electron chi connectivity index (χ4n) is 3.03. The maximum absolute atomic E-state index is 11.5. The number of nitrogens with one attached hydrogen (secondary N) is 1. The van der Waals surface area contributed by atoms with Gasteiger partial charge in [-0.25, -0.2) is 4.79 Å². The third-order valence-electron chi connectivity index (χ3n) is 4.25. The van der Waals surface area contributed by atoms with Crippen molar-refractivity contribution in [3.05, 3.63) is 23.5 Å². The topological polar surface area (TPSA) is 177 Å². The van der Waals surface area contributed by atoms with Crippen LogP contribution in [-0.2, 0) is 14.3 Å². The summed E-state index contributed by atoms with van der Waals surface area (Å²) in [6, 6.07) is -1.03. The van der Waals surface area contributed by atoms with E-state index in [1.165, 1.54) is 19.1 Å². The van der Waals surface area contributed by atoms with E-state index in [0.29, 0.717) is 0 Å². The summed E-state index contributed by atoms with van der Waals surface area (Å²) in [7, 11) is 0. The van der Waals surface area contributed by atoms with Gasteiger partial charge >= 0.3 is 11.8 Å². The summed E-state index contributed by atoms with van der Waals surface area (Å²) in [6.07, 6.45) is -2.56. The largest absolute Gasteiger partial charge is 0.476 e. The molecule has 0 saturated heterocycles. The SMILES string of the molecule is CC(=O)N[C@H]1C2=C(C=C[C@@H]1C(O)C(O)CO)O[C@@](O)(C(=O)O)C[C@H]2O. The van der Waals surface area contributed by atoms with Crippen LogP contribution in [0.3, 0.4) is 0 Å². The highest BCUT2D eigenvalue weighted by molar-refractivity contribution is 5.76. The number of hydrogen-bond donors (Lipinski definition) is 7. The molecule has 25 heavy (non-hydrogen) atoms. The first-order chi connectivity index (χ1) is 11.6. The van der Waals surface area contributed by atoms with Gasteiger partial charge in [-0.05, 0) is 6.08 Å². The number of carbonyl (C=O) groups is 2. The molecule has 0 aromatic carbocycles. The number of amides is 1. The molecular formula is C15H21NO9. The lowest BCUT2D eigenvalue weighted by molar-refractivity contribution is -0.223. The van der Waals surface area contributed by atoms with E-state index in [-0.39, 0.29) is 11.3 Å². The Balaban J connectivity index is 2.42. The summed E-state index contributed by atoms with van der Waals surface area (Å²) in [5, 5.41) is 60.7. The van der Waals surface area contributed by atoms with Gasteiger partial charge in [-0.3, -0.25) is 4.79 Å². The van der Waals surface area contributed by atoms with Crippen molar-refractivity contribution in [3.8, 4) is 0 Å². The predicted molar refractivity (Wildman–Crippen MR) is 80.7 cm³/mol. The molecule has 0 radical (unpaired) electrons. The number of carboxylic acids is 1. The zero-order valence-corrected chi connectivity index (χ0v) is 13.4. The second-order valence-corrected chi connectivity index (χ2v) is 6.09. The van der Waals surface area contributed by atoms with E-state index in [4.69, 9.17) is 14.9 Å². The molecule has 140 valence electrons. The minimum Gasteiger partial charge on any atom is -0.476 e. The normalized spacial score (nSPS) is 33.9. The molecule has 1 aliphatic heterocycles. The summed E-state index contributed by atoms with van der Waals surface area (Å²) in [6.45, 7) is 0.482. The molecule has 1 aliphatic carbocycles. The van der Waals surface area contributed by atoms with Crippen LogP contribution in [0.25, 0.3) is 0 Å². The molecule has 0 aromatic rings. The molecule has 6 atom stereocenters. The molecule has 1 amide bonds. The highest BCUT2D eigenvalue weighted by atomic mass is 16.7. The van der Waals surface area contributed by atoms with Crippen LogP contribution >= 0.6 is 0 Å². The number of allylic oxidation sites excluding steroid dienone is 1. The standard InChI is InChI=1S/C15H21NO9/c1-6(18)16-12-7(13(21)9(20)5-17)2-3-10-11(12)8(19)4-15(24,25-10)14(22)23/h2-3,7-9,12-13,17,19-21,24H,4-5H2,1H3,(H,16,18)(H,22,23)/t7-,8+,9?,12+,13?,15+/m0/s1. The van der Waals surface area contributed by atoms with Crippen molar-refractivity contribution in [2.24, 2.45) is 5.92 Å². The summed E-state index contributed by atoms with van der Waals surface area (Å²) < 4.78 is 5.08. The average Bonchev–Trinajstić information content (AvgIpc) is 2.52. The third-order valence-corrected chi connectivity index (χ3v) is 4.25. The first kappa shape index (κ1) is 19.3. The van der Waals surface area contributed by atoms with E-state index in [9.17, 15) is 30.0 Å². The van der Waals surface area contributed by atoms with Crippen LogP contribution < -0.4 is 5.32 Å². The second-order valence-electron chi connectivity index (χ2n) is 6.09. The lowest BCUT2D eigenvalue weighted by Crippen LogP contribution is -2.56. The van der Waals surface area contributed by atoms with Gasteiger partial charge in [-0.2, -0.15) is 0 Å². The van der Waals surface area contributed by atoms with E-state index in [1.54, 1.807) is 0 Å². The van der Waals surface area contributed by atoms with Gasteiger partial charge in [0.05, 0.1) is 31.3 Å². The van der Waals surface area contributed by atoms with E-state index >= 15 is 0 Å². The van der Waals surface area contributed by atoms with Crippen LogP contribution in [0.1, 0.15) is 13.3 Å². The number of aliphatic hydroxyl groups excluding tert-OH is 4. The molecule has 1 heterocycles. The Morgan fingerprint density at radius 3 is 2.60 bits per heavy atom. The Bertz CT molecular complexity index is 616. The maximum Gasteiger partial charge on any atom is 0.377 e. The highest BCUT2D eigenvalue weighted by Gasteiger charge is 2.50. The Morgan fingerprint density at radius 2 is 2.08 bits per heavy atom. The lowest BCUT2D eigenvalue weighted by atomic mass is 9.78. The van der Waals surface area contributed by atoms with Crippen molar-refractivity contribution < 1.29 is 45.0 Å². The number of aliphatic hydroxyl groups is 5. The quantitative estimate of drug-likeness (QED) is 0.273. The lowest BCUT2D eigenvalue weighted by Gasteiger charge is -2.42. The summed E-state index contributed by atoms with van der Waals surface area (Å²) in [5.41, 5.74) is 0.0674. The number of hydrogen-bond acceptors (Lipinski definition) is 8. The van der Waals surface area contributed by atoms with Crippen LogP contribution in [0.5, 0.6) is 0 Å². The third kappa shape index (κ3) is 3.67. The summed E-state index contributed by atoms with van der Waals surface area (Å²) in [5.74, 6) is -5.88.